The molecule has 1 atom stereocenters. The summed E-state index contributed by atoms with van der Waals surface area (Å²) >= 11 is 6.28. The van der Waals surface area contributed by atoms with Gasteiger partial charge in [-0.2, -0.15) is 0 Å². The summed E-state index contributed by atoms with van der Waals surface area (Å²) in [6, 6.07) is 8.80. The van der Waals surface area contributed by atoms with E-state index >= 15 is 0 Å². The summed E-state index contributed by atoms with van der Waals surface area (Å²) in [6.45, 7) is 1.90. The number of carbonyl (C=O) groups excluding carboxylic acids is 2. The Balaban J connectivity index is 1.87. The first-order valence-electron chi connectivity index (χ1n) is 9.68. The largest absolute Gasteiger partial charge is 0.496 e. The minimum atomic E-state index is -0.538. The molecule has 31 heavy (non-hydrogen) atoms. The summed E-state index contributed by atoms with van der Waals surface area (Å²) in [5.41, 5.74) is 3.10. The van der Waals surface area contributed by atoms with Crippen LogP contribution in [0.15, 0.2) is 41.6 Å². The van der Waals surface area contributed by atoms with Gasteiger partial charge < -0.3 is 18.9 Å². The van der Waals surface area contributed by atoms with Gasteiger partial charge in [-0.05, 0) is 30.7 Å². The summed E-state index contributed by atoms with van der Waals surface area (Å²) in [5, 5.41) is 0.543. The van der Waals surface area contributed by atoms with Crippen LogP contribution in [0.5, 0.6) is 17.2 Å². The van der Waals surface area contributed by atoms with Crippen molar-refractivity contribution in [3.8, 4) is 17.2 Å². The lowest BCUT2D eigenvalue weighted by molar-refractivity contribution is -0.136. The van der Waals surface area contributed by atoms with E-state index in [-0.39, 0.29) is 18.9 Å². The van der Waals surface area contributed by atoms with Gasteiger partial charge in [0.2, 0.25) is 5.91 Å². The molecule has 4 rings (SSSR count). The summed E-state index contributed by atoms with van der Waals surface area (Å²) in [7, 11) is 4.58. The van der Waals surface area contributed by atoms with E-state index in [1.165, 1.54) is 26.2 Å². The standard InChI is InChI=1S/C23H22ClNO6/c1-12-5-6-13(7-16(12)24)25-17-11-31-23(27)22(17)15(9-21(25)26)14-8-19(29-3)20(30-4)10-18(14)28-2/h5-8,10,15H,9,11H2,1-4H3/t15-/m0/s1. The van der Waals surface area contributed by atoms with E-state index in [4.69, 9.17) is 30.5 Å². The average molecular weight is 444 g/mol. The highest BCUT2D eigenvalue weighted by molar-refractivity contribution is 6.31. The smallest absolute Gasteiger partial charge is 0.336 e. The van der Waals surface area contributed by atoms with Crippen molar-refractivity contribution in [2.45, 2.75) is 19.3 Å². The van der Waals surface area contributed by atoms with Gasteiger partial charge in [0.05, 0.1) is 38.3 Å². The number of ether oxygens (including phenoxy) is 4. The zero-order chi connectivity index (χ0) is 22.3. The van der Waals surface area contributed by atoms with Crippen molar-refractivity contribution in [3.63, 3.8) is 0 Å². The van der Waals surface area contributed by atoms with E-state index in [2.05, 4.69) is 0 Å². The molecular formula is C23H22ClNO6. The summed E-state index contributed by atoms with van der Waals surface area (Å²) in [6.07, 6.45) is 0.0608. The van der Waals surface area contributed by atoms with Gasteiger partial charge in [-0.15, -0.1) is 0 Å². The Bertz CT molecular complexity index is 1110. The fourth-order valence-electron chi connectivity index (χ4n) is 4.07. The topological polar surface area (TPSA) is 74.3 Å². The number of cyclic esters (lactones) is 1. The summed E-state index contributed by atoms with van der Waals surface area (Å²) < 4.78 is 21.7. The maximum atomic E-state index is 13.3. The van der Waals surface area contributed by atoms with E-state index in [9.17, 15) is 9.59 Å². The number of amides is 1. The van der Waals surface area contributed by atoms with Crippen molar-refractivity contribution in [3.05, 3.63) is 57.8 Å². The van der Waals surface area contributed by atoms with Crippen molar-refractivity contribution in [1.82, 2.24) is 0 Å². The molecule has 7 nitrogen and oxygen atoms in total. The molecule has 0 N–H and O–H groups in total. The monoisotopic (exact) mass is 443 g/mol. The number of carbonyl (C=O) groups is 2. The van der Waals surface area contributed by atoms with Gasteiger partial charge in [0.1, 0.15) is 12.4 Å². The Labute approximate surface area is 185 Å². The van der Waals surface area contributed by atoms with Crippen LogP contribution in [0.1, 0.15) is 23.5 Å². The molecule has 0 bridgehead atoms. The Morgan fingerprint density at radius 2 is 1.68 bits per heavy atom. The van der Waals surface area contributed by atoms with Crippen LogP contribution in [-0.4, -0.2) is 39.8 Å². The molecule has 0 spiro atoms. The SMILES string of the molecule is COc1cc(OC)c([C@@H]2CC(=O)N(c3ccc(C)c(Cl)c3)C3=C2C(=O)OC3)cc1OC. The van der Waals surface area contributed by atoms with Crippen molar-refractivity contribution in [2.24, 2.45) is 0 Å². The minimum Gasteiger partial charge on any atom is -0.496 e. The molecule has 0 saturated carbocycles. The number of anilines is 1. The van der Waals surface area contributed by atoms with Gasteiger partial charge in [-0.25, -0.2) is 4.79 Å². The molecule has 0 radical (unpaired) electrons. The number of esters is 1. The van der Waals surface area contributed by atoms with Gasteiger partial charge in [0.15, 0.2) is 11.5 Å². The van der Waals surface area contributed by atoms with E-state index in [1.54, 1.807) is 18.2 Å². The molecule has 1 amide bonds. The number of hydrogen-bond acceptors (Lipinski definition) is 6. The Hall–Kier alpha value is -3.19. The average Bonchev–Trinajstić information content (AvgIpc) is 3.15. The van der Waals surface area contributed by atoms with Crippen molar-refractivity contribution < 1.29 is 28.5 Å². The first kappa shape index (κ1) is 21.1. The van der Waals surface area contributed by atoms with E-state index in [0.29, 0.717) is 44.8 Å². The van der Waals surface area contributed by atoms with Crippen molar-refractivity contribution >= 4 is 29.2 Å². The molecule has 0 fully saturated rings. The van der Waals surface area contributed by atoms with Crippen LogP contribution in [0, 0.1) is 6.92 Å². The maximum absolute atomic E-state index is 13.3. The van der Waals surface area contributed by atoms with Gasteiger partial charge in [0.25, 0.3) is 0 Å². The van der Waals surface area contributed by atoms with E-state index < -0.39 is 11.9 Å². The van der Waals surface area contributed by atoms with Gasteiger partial charge in [-0.3, -0.25) is 9.69 Å². The molecular weight excluding hydrogens is 422 g/mol. The molecule has 2 aliphatic heterocycles. The van der Waals surface area contributed by atoms with Gasteiger partial charge in [-0.1, -0.05) is 17.7 Å². The van der Waals surface area contributed by atoms with Crippen LogP contribution < -0.4 is 19.1 Å². The summed E-state index contributed by atoms with van der Waals surface area (Å²) in [4.78, 5) is 27.5. The third kappa shape index (κ3) is 3.49. The van der Waals surface area contributed by atoms with Crippen LogP contribution in [0.3, 0.4) is 0 Å². The van der Waals surface area contributed by atoms with Crippen LogP contribution in [0.2, 0.25) is 5.02 Å². The first-order valence-corrected chi connectivity index (χ1v) is 10.1. The molecule has 0 unspecified atom stereocenters. The fourth-order valence-corrected chi connectivity index (χ4v) is 4.24. The predicted octanol–water partition coefficient (Wildman–Crippen LogP) is 4.01. The number of benzene rings is 2. The normalized spacial score (nSPS) is 18.1. The third-order valence-electron chi connectivity index (χ3n) is 5.64. The van der Waals surface area contributed by atoms with Crippen molar-refractivity contribution in [2.75, 3.05) is 32.8 Å². The highest BCUT2D eigenvalue weighted by atomic mass is 35.5. The Morgan fingerprint density at radius 1 is 1.00 bits per heavy atom. The third-order valence-corrected chi connectivity index (χ3v) is 6.05. The predicted molar refractivity (Wildman–Crippen MR) is 115 cm³/mol. The second kappa shape index (κ2) is 8.15. The molecule has 162 valence electrons. The molecule has 0 saturated heterocycles. The van der Waals surface area contributed by atoms with Gasteiger partial charge in [0, 0.05) is 29.0 Å². The number of halogens is 1. The van der Waals surface area contributed by atoms with Crippen molar-refractivity contribution in [1.29, 1.82) is 0 Å². The van der Waals surface area contributed by atoms with Crippen LogP contribution in [0.25, 0.3) is 0 Å². The van der Waals surface area contributed by atoms with Crippen LogP contribution in [0.4, 0.5) is 5.69 Å². The maximum Gasteiger partial charge on any atom is 0.336 e. The quantitative estimate of drug-likeness (QED) is 0.650. The number of rotatable bonds is 5. The Morgan fingerprint density at radius 3 is 2.32 bits per heavy atom. The number of aryl methyl sites for hydroxylation is 1. The molecule has 2 aliphatic rings. The highest BCUT2D eigenvalue weighted by Gasteiger charge is 2.44. The molecule has 2 aromatic rings. The number of nitrogens with zero attached hydrogens (tertiary/aromatic N) is 1. The molecule has 2 aromatic carbocycles. The second-order valence-electron chi connectivity index (χ2n) is 7.30. The highest BCUT2D eigenvalue weighted by Crippen LogP contribution is 2.47. The minimum absolute atomic E-state index is 0.0114. The van der Waals surface area contributed by atoms with Gasteiger partial charge >= 0.3 is 5.97 Å². The summed E-state index contributed by atoms with van der Waals surface area (Å²) in [5.74, 6) is 0.306. The zero-order valence-corrected chi connectivity index (χ0v) is 18.4. The molecule has 2 heterocycles. The van der Waals surface area contributed by atoms with Crippen LogP contribution in [-0.2, 0) is 14.3 Å². The molecule has 0 aliphatic carbocycles. The molecule has 8 heteroatoms. The lowest BCUT2D eigenvalue weighted by atomic mass is 9.83. The van der Waals surface area contributed by atoms with E-state index in [1.807, 2.05) is 19.1 Å². The first-order chi connectivity index (χ1) is 14.9. The fraction of sp³-hybridized carbons (Fsp3) is 0.304. The number of hydrogen-bond donors (Lipinski definition) is 0. The molecule has 0 aromatic heterocycles. The second-order valence-corrected chi connectivity index (χ2v) is 7.71. The zero-order valence-electron chi connectivity index (χ0n) is 17.7. The van der Waals surface area contributed by atoms with E-state index in [0.717, 1.165) is 5.56 Å². The van der Waals surface area contributed by atoms with Crippen LogP contribution >= 0.6 is 11.6 Å². The Kier molecular flexibility index (Phi) is 5.54. The lowest BCUT2D eigenvalue weighted by Gasteiger charge is -2.32. The lowest BCUT2D eigenvalue weighted by Crippen LogP contribution is -2.37. The number of methoxy groups -OCH3 is 3.